The van der Waals surface area contributed by atoms with E-state index in [-0.39, 0.29) is 11.3 Å². The first-order valence-electron chi connectivity index (χ1n) is 5.31. The van der Waals surface area contributed by atoms with Crippen molar-refractivity contribution in [3.63, 3.8) is 0 Å². The molecule has 0 aromatic carbocycles. The average molecular weight is 199 g/mol. The minimum atomic E-state index is -0.642. The maximum absolute atomic E-state index is 11.1. The quantitative estimate of drug-likeness (QED) is 0.712. The molecule has 82 valence electrons. The van der Waals surface area contributed by atoms with E-state index in [9.17, 15) is 4.79 Å². The molecule has 1 saturated carbocycles. The van der Waals surface area contributed by atoms with Crippen molar-refractivity contribution in [1.82, 2.24) is 5.32 Å². The van der Waals surface area contributed by atoms with Crippen molar-refractivity contribution >= 4 is 5.97 Å². The van der Waals surface area contributed by atoms with E-state index in [1.165, 1.54) is 0 Å². The zero-order chi connectivity index (χ0) is 10.9. The highest BCUT2D eigenvalue weighted by atomic mass is 16.4. The predicted octanol–water partition coefficient (Wildman–Crippen LogP) is 1.73. The molecule has 3 atom stereocenters. The lowest BCUT2D eigenvalue weighted by molar-refractivity contribution is -0.150. The molecule has 1 fully saturated rings. The fraction of sp³-hybridized carbons (Fsp3) is 0.909. The molecule has 1 aliphatic rings. The summed E-state index contributed by atoms with van der Waals surface area (Å²) in [7, 11) is 1.96. The van der Waals surface area contributed by atoms with Gasteiger partial charge in [0.2, 0.25) is 0 Å². The molecule has 0 saturated heterocycles. The van der Waals surface area contributed by atoms with Crippen molar-refractivity contribution in [2.45, 2.75) is 39.7 Å². The lowest BCUT2D eigenvalue weighted by Crippen LogP contribution is -2.50. The normalized spacial score (nSPS) is 36.7. The maximum Gasteiger partial charge on any atom is 0.307 e. The summed E-state index contributed by atoms with van der Waals surface area (Å²) in [4.78, 5) is 11.1. The molecule has 2 N–H and O–H groups in total. The summed E-state index contributed by atoms with van der Waals surface area (Å²) in [6, 6.07) is 0.459. The summed E-state index contributed by atoms with van der Waals surface area (Å²) in [5.41, 5.74) is -0.113. The third-order valence-corrected chi connectivity index (χ3v) is 4.11. The van der Waals surface area contributed by atoms with Gasteiger partial charge in [-0.25, -0.2) is 0 Å². The second-order valence-electron chi connectivity index (χ2n) is 4.97. The molecule has 0 aromatic rings. The van der Waals surface area contributed by atoms with Crippen LogP contribution in [0.4, 0.5) is 0 Å². The van der Waals surface area contributed by atoms with Crippen LogP contribution in [-0.2, 0) is 4.79 Å². The summed E-state index contributed by atoms with van der Waals surface area (Å²) in [5, 5.41) is 12.4. The van der Waals surface area contributed by atoms with Crippen LogP contribution in [0.1, 0.15) is 33.6 Å². The number of carboxylic acid groups (broad SMARTS) is 1. The van der Waals surface area contributed by atoms with E-state index < -0.39 is 5.97 Å². The minimum absolute atomic E-state index is 0.113. The van der Waals surface area contributed by atoms with Gasteiger partial charge < -0.3 is 10.4 Å². The Kier molecular flexibility index (Phi) is 3.20. The van der Waals surface area contributed by atoms with Gasteiger partial charge in [-0.15, -0.1) is 0 Å². The van der Waals surface area contributed by atoms with E-state index >= 15 is 0 Å². The lowest BCUT2D eigenvalue weighted by atomic mass is 9.61. The Morgan fingerprint density at radius 2 is 2.00 bits per heavy atom. The summed E-state index contributed by atoms with van der Waals surface area (Å²) in [5.74, 6) is -0.430. The molecule has 3 unspecified atom stereocenters. The number of carboxylic acids is 1. The number of rotatable bonds is 2. The molecule has 0 aliphatic heterocycles. The SMILES string of the molecule is CNC1CCC(C(=O)O)C(C)(C)C1C. The van der Waals surface area contributed by atoms with E-state index in [0.29, 0.717) is 12.0 Å². The minimum Gasteiger partial charge on any atom is -0.481 e. The van der Waals surface area contributed by atoms with E-state index in [2.05, 4.69) is 26.1 Å². The van der Waals surface area contributed by atoms with Gasteiger partial charge in [0.15, 0.2) is 0 Å². The summed E-state index contributed by atoms with van der Waals surface area (Å²) in [6.45, 7) is 6.29. The average Bonchev–Trinajstić information content (AvgIpc) is 2.08. The molecule has 3 nitrogen and oxygen atoms in total. The lowest BCUT2D eigenvalue weighted by Gasteiger charge is -2.46. The van der Waals surface area contributed by atoms with Gasteiger partial charge in [0.05, 0.1) is 5.92 Å². The zero-order valence-electron chi connectivity index (χ0n) is 9.50. The maximum atomic E-state index is 11.1. The monoisotopic (exact) mass is 199 g/mol. The number of carbonyl (C=O) groups is 1. The van der Waals surface area contributed by atoms with E-state index in [4.69, 9.17) is 5.11 Å². The highest BCUT2D eigenvalue weighted by Gasteiger charge is 2.45. The molecule has 0 bridgehead atoms. The predicted molar refractivity (Wildman–Crippen MR) is 56.2 cm³/mol. The van der Waals surface area contributed by atoms with Crippen molar-refractivity contribution in [1.29, 1.82) is 0 Å². The second-order valence-corrected chi connectivity index (χ2v) is 4.97. The van der Waals surface area contributed by atoms with Gasteiger partial charge in [-0.2, -0.15) is 0 Å². The first kappa shape index (κ1) is 11.5. The van der Waals surface area contributed by atoms with Crippen LogP contribution >= 0.6 is 0 Å². The first-order valence-corrected chi connectivity index (χ1v) is 5.31. The molecular weight excluding hydrogens is 178 g/mol. The van der Waals surface area contributed by atoms with Gasteiger partial charge in [-0.1, -0.05) is 20.8 Å². The number of nitrogens with one attached hydrogen (secondary N) is 1. The molecule has 1 aliphatic carbocycles. The standard InChI is InChI=1S/C11H21NO2/c1-7-9(12-4)6-5-8(10(13)14)11(7,2)3/h7-9,12H,5-6H2,1-4H3,(H,13,14). The highest BCUT2D eigenvalue weighted by Crippen LogP contribution is 2.44. The molecule has 1 rings (SSSR count). The van der Waals surface area contributed by atoms with Crippen LogP contribution in [0.5, 0.6) is 0 Å². The Bertz CT molecular complexity index is 225. The van der Waals surface area contributed by atoms with Crippen molar-refractivity contribution in [3.8, 4) is 0 Å². The highest BCUT2D eigenvalue weighted by molar-refractivity contribution is 5.71. The Morgan fingerprint density at radius 3 is 2.43 bits per heavy atom. The van der Waals surface area contributed by atoms with Crippen molar-refractivity contribution in [2.75, 3.05) is 7.05 Å². The first-order chi connectivity index (χ1) is 6.41. The van der Waals surface area contributed by atoms with Crippen LogP contribution < -0.4 is 5.32 Å². The molecule has 0 radical (unpaired) electrons. The Balaban J connectivity index is 2.84. The molecule has 0 amide bonds. The Morgan fingerprint density at radius 1 is 1.43 bits per heavy atom. The van der Waals surface area contributed by atoms with Crippen LogP contribution in [0.2, 0.25) is 0 Å². The summed E-state index contributed by atoms with van der Waals surface area (Å²) < 4.78 is 0. The van der Waals surface area contributed by atoms with Crippen molar-refractivity contribution in [3.05, 3.63) is 0 Å². The van der Waals surface area contributed by atoms with E-state index in [1.54, 1.807) is 0 Å². The van der Waals surface area contributed by atoms with Gasteiger partial charge in [-0.3, -0.25) is 4.79 Å². The molecule has 0 heterocycles. The van der Waals surface area contributed by atoms with Gasteiger partial charge in [0, 0.05) is 6.04 Å². The molecule has 0 aromatic heterocycles. The number of aliphatic carboxylic acids is 1. The van der Waals surface area contributed by atoms with E-state index in [0.717, 1.165) is 12.8 Å². The van der Waals surface area contributed by atoms with Crippen molar-refractivity contribution < 1.29 is 9.90 Å². The molecular formula is C11H21NO2. The molecule has 3 heteroatoms. The van der Waals surface area contributed by atoms with Crippen LogP contribution in [0.3, 0.4) is 0 Å². The third kappa shape index (κ3) is 1.78. The second kappa shape index (κ2) is 3.89. The Labute approximate surface area is 85.9 Å². The molecule has 14 heavy (non-hydrogen) atoms. The topological polar surface area (TPSA) is 49.3 Å². The van der Waals surface area contributed by atoms with Crippen LogP contribution in [0.25, 0.3) is 0 Å². The summed E-state index contributed by atoms with van der Waals surface area (Å²) in [6.07, 6.45) is 1.76. The van der Waals surface area contributed by atoms with Crippen LogP contribution in [0.15, 0.2) is 0 Å². The van der Waals surface area contributed by atoms with Gasteiger partial charge in [0.25, 0.3) is 0 Å². The fourth-order valence-corrected chi connectivity index (χ4v) is 2.64. The van der Waals surface area contributed by atoms with Gasteiger partial charge in [0.1, 0.15) is 0 Å². The smallest absolute Gasteiger partial charge is 0.307 e. The Hall–Kier alpha value is -0.570. The number of hydrogen-bond donors (Lipinski definition) is 2. The van der Waals surface area contributed by atoms with Gasteiger partial charge in [-0.05, 0) is 31.2 Å². The van der Waals surface area contributed by atoms with Crippen LogP contribution in [0, 0.1) is 17.3 Å². The third-order valence-electron chi connectivity index (χ3n) is 4.11. The largest absolute Gasteiger partial charge is 0.481 e. The number of hydrogen-bond acceptors (Lipinski definition) is 2. The summed E-state index contributed by atoms with van der Waals surface area (Å²) >= 11 is 0. The molecule has 0 spiro atoms. The van der Waals surface area contributed by atoms with E-state index in [1.807, 2.05) is 7.05 Å². The fourth-order valence-electron chi connectivity index (χ4n) is 2.64. The zero-order valence-corrected chi connectivity index (χ0v) is 9.50. The van der Waals surface area contributed by atoms with Crippen LogP contribution in [-0.4, -0.2) is 24.2 Å². The van der Waals surface area contributed by atoms with Crippen molar-refractivity contribution in [2.24, 2.45) is 17.3 Å². The van der Waals surface area contributed by atoms with Gasteiger partial charge >= 0.3 is 5.97 Å².